The molecule has 0 aliphatic rings. The molecule has 3 nitrogen and oxygen atoms in total. The van der Waals surface area contributed by atoms with Crippen molar-refractivity contribution in [3.05, 3.63) is 35.6 Å². The van der Waals surface area contributed by atoms with Crippen LogP contribution < -0.4 is 5.32 Å². The molecule has 4 heteroatoms. The Bertz CT molecular complexity index is 395. The maximum atomic E-state index is 13.4. The number of carbonyl (C=O) groups is 1. The lowest BCUT2D eigenvalue weighted by molar-refractivity contribution is -0.144. The first kappa shape index (κ1) is 13.6. The van der Waals surface area contributed by atoms with Crippen LogP contribution in [0, 0.1) is 5.82 Å². The Morgan fingerprint density at radius 2 is 2.12 bits per heavy atom. The fourth-order valence-electron chi connectivity index (χ4n) is 1.70. The molecule has 0 spiro atoms. The number of carboxylic acid groups (broad SMARTS) is 1. The van der Waals surface area contributed by atoms with Crippen molar-refractivity contribution in [2.75, 3.05) is 0 Å². The van der Waals surface area contributed by atoms with Gasteiger partial charge in [0, 0.05) is 12.1 Å². The van der Waals surface area contributed by atoms with Crippen molar-refractivity contribution in [3.63, 3.8) is 0 Å². The van der Waals surface area contributed by atoms with Gasteiger partial charge in [-0.05, 0) is 19.4 Å². The van der Waals surface area contributed by atoms with E-state index >= 15 is 0 Å². The van der Waals surface area contributed by atoms with Gasteiger partial charge in [-0.1, -0.05) is 31.5 Å². The number of nitrogens with one attached hydrogen (secondary N) is 1. The van der Waals surface area contributed by atoms with Gasteiger partial charge in [-0.15, -0.1) is 0 Å². The Kier molecular flexibility index (Phi) is 4.63. The summed E-state index contributed by atoms with van der Waals surface area (Å²) in [5, 5.41) is 12.1. The molecule has 1 rings (SSSR count). The first-order valence-electron chi connectivity index (χ1n) is 5.71. The summed E-state index contributed by atoms with van der Waals surface area (Å²) in [7, 11) is 0. The quantitative estimate of drug-likeness (QED) is 0.802. The van der Waals surface area contributed by atoms with E-state index in [1.54, 1.807) is 25.1 Å². The Balaban J connectivity index is 2.71. The van der Waals surface area contributed by atoms with E-state index in [9.17, 15) is 9.18 Å². The zero-order valence-electron chi connectivity index (χ0n) is 10.2. The second kappa shape index (κ2) is 5.77. The minimum atomic E-state index is -1.00. The molecule has 94 valence electrons. The summed E-state index contributed by atoms with van der Waals surface area (Å²) < 4.78 is 13.4. The molecule has 1 atom stereocenters. The molecule has 0 aliphatic heterocycles. The van der Waals surface area contributed by atoms with E-state index in [0.717, 1.165) is 6.42 Å². The van der Waals surface area contributed by atoms with E-state index in [4.69, 9.17) is 5.11 Å². The number of aliphatic carboxylic acids is 1. The van der Waals surface area contributed by atoms with Crippen LogP contribution in [-0.4, -0.2) is 16.6 Å². The highest BCUT2D eigenvalue weighted by Gasteiger charge is 2.31. The fraction of sp³-hybridized carbons (Fsp3) is 0.462. The van der Waals surface area contributed by atoms with E-state index in [0.29, 0.717) is 12.0 Å². The molecule has 0 heterocycles. The smallest absolute Gasteiger partial charge is 0.323 e. The third-order valence-corrected chi connectivity index (χ3v) is 2.85. The maximum absolute atomic E-state index is 13.4. The number of hydrogen-bond donors (Lipinski definition) is 2. The number of carboxylic acids is 1. The van der Waals surface area contributed by atoms with Gasteiger partial charge < -0.3 is 5.11 Å². The predicted molar refractivity (Wildman–Crippen MR) is 64.2 cm³/mol. The second-order valence-electron chi connectivity index (χ2n) is 4.33. The molecule has 1 aromatic rings. The molecular formula is C13H18FNO2. The highest BCUT2D eigenvalue weighted by molar-refractivity contribution is 5.78. The molecule has 0 radical (unpaired) electrons. The normalized spacial score (nSPS) is 14.3. The van der Waals surface area contributed by atoms with Gasteiger partial charge in [0.25, 0.3) is 0 Å². The zero-order valence-corrected chi connectivity index (χ0v) is 10.2. The molecule has 1 unspecified atom stereocenters. The van der Waals surface area contributed by atoms with Crippen LogP contribution in [0.2, 0.25) is 0 Å². The molecule has 17 heavy (non-hydrogen) atoms. The average molecular weight is 239 g/mol. The van der Waals surface area contributed by atoms with E-state index in [1.807, 2.05) is 6.92 Å². The lowest BCUT2D eigenvalue weighted by Gasteiger charge is -2.26. The van der Waals surface area contributed by atoms with Crippen LogP contribution in [0.5, 0.6) is 0 Å². The van der Waals surface area contributed by atoms with Gasteiger partial charge in [0.2, 0.25) is 0 Å². The summed E-state index contributed by atoms with van der Waals surface area (Å²) in [5.41, 5.74) is -0.520. The van der Waals surface area contributed by atoms with Crippen molar-refractivity contribution >= 4 is 5.97 Å². The van der Waals surface area contributed by atoms with Crippen molar-refractivity contribution in [1.82, 2.24) is 5.32 Å². The minimum Gasteiger partial charge on any atom is -0.480 e. The average Bonchev–Trinajstić information content (AvgIpc) is 2.28. The Morgan fingerprint density at radius 3 is 2.65 bits per heavy atom. The Labute approximate surface area is 101 Å². The fourth-order valence-corrected chi connectivity index (χ4v) is 1.70. The Hall–Kier alpha value is -1.42. The van der Waals surface area contributed by atoms with E-state index in [-0.39, 0.29) is 12.4 Å². The third-order valence-electron chi connectivity index (χ3n) is 2.85. The highest BCUT2D eigenvalue weighted by Crippen LogP contribution is 2.15. The van der Waals surface area contributed by atoms with Crippen molar-refractivity contribution < 1.29 is 14.3 Å². The van der Waals surface area contributed by atoms with Crippen LogP contribution in [0.3, 0.4) is 0 Å². The minimum absolute atomic E-state index is 0.218. The van der Waals surface area contributed by atoms with Gasteiger partial charge in [0.15, 0.2) is 0 Å². The number of benzene rings is 1. The van der Waals surface area contributed by atoms with Crippen LogP contribution in [0.25, 0.3) is 0 Å². The summed E-state index contributed by atoms with van der Waals surface area (Å²) in [4.78, 5) is 11.2. The summed E-state index contributed by atoms with van der Waals surface area (Å²) in [6.07, 6.45) is 1.27. The van der Waals surface area contributed by atoms with Gasteiger partial charge >= 0.3 is 5.97 Å². The van der Waals surface area contributed by atoms with Crippen LogP contribution in [-0.2, 0) is 11.3 Å². The number of hydrogen-bond acceptors (Lipinski definition) is 2. The third kappa shape index (κ3) is 3.53. The number of halogens is 1. The molecule has 0 aliphatic carbocycles. The molecule has 0 bridgehead atoms. The van der Waals surface area contributed by atoms with Crippen molar-refractivity contribution in [3.8, 4) is 0 Å². The maximum Gasteiger partial charge on any atom is 0.323 e. The van der Waals surface area contributed by atoms with Crippen LogP contribution in [0.4, 0.5) is 4.39 Å². The molecule has 0 amide bonds. The largest absolute Gasteiger partial charge is 0.480 e. The van der Waals surface area contributed by atoms with Crippen LogP contribution >= 0.6 is 0 Å². The molecule has 0 aromatic heterocycles. The van der Waals surface area contributed by atoms with E-state index in [2.05, 4.69) is 5.32 Å². The number of rotatable bonds is 6. The molecule has 0 fully saturated rings. The second-order valence-corrected chi connectivity index (χ2v) is 4.33. The SMILES string of the molecule is CCCC(C)(NCc1ccccc1F)C(=O)O. The standard InChI is InChI=1S/C13H18FNO2/c1-3-8-13(2,12(16)17)15-9-10-6-4-5-7-11(10)14/h4-7,15H,3,8-9H2,1-2H3,(H,16,17). The zero-order chi connectivity index (χ0) is 12.9. The van der Waals surface area contributed by atoms with Gasteiger partial charge in [-0.3, -0.25) is 10.1 Å². The van der Waals surface area contributed by atoms with Crippen LogP contribution in [0.15, 0.2) is 24.3 Å². The van der Waals surface area contributed by atoms with Crippen LogP contribution in [0.1, 0.15) is 32.3 Å². The monoisotopic (exact) mass is 239 g/mol. The lowest BCUT2D eigenvalue weighted by Crippen LogP contribution is -2.49. The van der Waals surface area contributed by atoms with E-state index < -0.39 is 11.5 Å². The summed E-state index contributed by atoms with van der Waals surface area (Å²) in [6.45, 7) is 3.77. The van der Waals surface area contributed by atoms with Gasteiger partial charge in [0.05, 0.1) is 0 Å². The van der Waals surface area contributed by atoms with Gasteiger partial charge in [0.1, 0.15) is 11.4 Å². The molecular weight excluding hydrogens is 221 g/mol. The first-order valence-corrected chi connectivity index (χ1v) is 5.71. The predicted octanol–water partition coefficient (Wildman–Crippen LogP) is 2.56. The van der Waals surface area contributed by atoms with Crippen molar-refractivity contribution in [2.45, 2.75) is 38.8 Å². The molecule has 0 saturated carbocycles. The van der Waals surface area contributed by atoms with Gasteiger partial charge in [-0.25, -0.2) is 4.39 Å². The molecule has 2 N–H and O–H groups in total. The lowest BCUT2D eigenvalue weighted by atomic mass is 9.96. The van der Waals surface area contributed by atoms with Gasteiger partial charge in [-0.2, -0.15) is 0 Å². The van der Waals surface area contributed by atoms with Crippen molar-refractivity contribution in [1.29, 1.82) is 0 Å². The summed E-state index contributed by atoms with van der Waals surface area (Å²) >= 11 is 0. The van der Waals surface area contributed by atoms with Crippen molar-refractivity contribution in [2.24, 2.45) is 0 Å². The molecule has 1 aromatic carbocycles. The highest BCUT2D eigenvalue weighted by atomic mass is 19.1. The summed E-state index contributed by atoms with van der Waals surface area (Å²) in [5.74, 6) is -1.22. The molecule has 0 saturated heterocycles. The Morgan fingerprint density at radius 1 is 1.47 bits per heavy atom. The topological polar surface area (TPSA) is 49.3 Å². The first-order chi connectivity index (χ1) is 7.99. The summed E-state index contributed by atoms with van der Waals surface area (Å²) in [6, 6.07) is 6.37. The van der Waals surface area contributed by atoms with E-state index in [1.165, 1.54) is 6.07 Å².